The van der Waals surface area contributed by atoms with Crippen LogP contribution in [0.1, 0.15) is 20.9 Å². The minimum Gasteiger partial charge on any atom is -0.478 e. The fraction of sp³-hybridized carbons (Fsp3) is 0.200. The molecule has 1 N–H and O–H groups in total. The van der Waals surface area contributed by atoms with Gasteiger partial charge in [-0.1, -0.05) is 0 Å². The van der Waals surface area contributed by atoms with Gasteiger partial charge in [-0.2, -0.15) is 0 Å². The topological polar surface area (TPSA) is 55.1 Å². The van der Waals surface area contributed by atoms with Gasteiger partial charge >= 0.3 is 5.97 Å². The molecule has 2 rings (SSSR count). The van der Waals surface area contributed by atoms with Gasteiger partial charge in [0.1, 0.15) is 0 Å². The van der Waals surface area contributed by atoms with Crippen LogP contribution >= 0.6 is 11.3 Å². The van der Waals surface area contributed by atoms with Crippen molar-refractivity contribution in [3.8, 4) is 0 Å². The Morgan fingerprint density at radius 3 is 3.00 bits per heavy atom. The lowest BCUT2D eigenvalue weighted by Crippen LogP contribution is -2.03. The van der Waals surface area contributed by atoms with Crippen LogP contribution in [0, 0.1) is 6.92 Å². The third-order valence-corrected chi connectivity index (χ3v) is 3.05. The quantitative estimate of drug-likeness (QED) is 0.864. The van der Waals surface area contributed by atoms with Crippen molar-refractivity contribution in [2.45, 2.75) is 13.5 Å². The second-order valence-corrected chi connectivity index (χ2v) is 4.19. The summed E-state index contributed by atoms with van der Waals surface area (Å²) in [5.74, 6) is -0.879. The van der Waals surface area contributed by atoms with Crippen molar-refractivity contribution in [3.05, 3.63) is 40.1 Å². The van der Waals surface area contributed by atoms with Crippen LogP contribution in [0.3, 0.4) is 0 Å². The Morgan fingerprint density at radius 1 is 1.67 bits per heavy atom. The van der Waals surface area contributed by atoms with Gasteiger partial charge in [0.25, 0.3) is 0 Å². The molecule has 0 aliphatic carbocycles. The van der Waals surface area contributed by atoms with Crippen LogP contribution < -0.4 is 0 Å². The Hall–Kier alpha value is -1.62. The van der Waals surface area contributed by atoms with Gasteiger partial charge in [-0.05, 0) is 13.0 Å². The van der Waals surface area contributed by atoms with Gasteiger partial charge in [0.05, 0.1) is 17.6 Å². The molecule has 0 bridgehead atoms. The summed E-state index contributed by atoms with van der Waals surface area (Å²) in [5.41, 5.74) is 2.90. The molecule has 0 unspecified atom stereocenters. The van der Waals surface area contributed by atoms with E-state index in [1.807, 2.05) is 11.5 Å². The first-order valence-electron chi connectivity index (χ1n) is 4.45. The summed E-state index contributed by atoms with van der Waals surface area (Å²) in [4.78, 5) is 15.9. The maximum Gasteiger partial charge on any atom is 0.337 e. The highest BCUT2D eigenvalue weighted by molar-refractivity contribution is 7.09. The van der Waals surface area contributed by atoms with E-state index < -0.39 is 5.97 Å². The van der Waals surface area contributed by atoms with Gasteiger partial charge in [0, 0.05) is 23.0 Å². The first-order chi connectivity index (χ1) is 7.18. The zero-order valence-electron chi connectivity index (χ0n) is 8.17. The van der Waals surface area contributed by atoms with Crippen LogP contribution in [0.4, 0.5) is 0 Å². The highest BCUT2D eigenvalue weighted by Gasteiger charge is 2.11. The summed E-state index contributed by atoms with van der Waals surface area (Å²) in [7, 11) is 0. The molecule has 2 aromatic heterocycles. The molecule has 0 saturated heterocycles. The third-order valence-electron chi connectivity index (χ3n) is 2.28. The normalized spacial score (nSPS) is 10.5. The average Bonchev–Trinajstić information content (AvgIpc) is 2.78. The number of rotatable bonds is 3. The molecule has 0 aromatic carbocycles. The van der Waals surface area contributed by atoms with E-state index >= 15 is 0 Å². The lowest BCUT2D eigenvalue weighted by Gasteiger charge is -2.03. The highest BCUT2D eigenvalue weighted by atomic mass is 32.1. The van der Waals surface area contributed by atoms with Gasteiger partial charge in [0.15, 0.2) is 0 Å². The standard InChI is InChI=1S/C10H10N2O2S/c1-7-9(10(13)14)2-3-12(7)5-8-4-11-6-15-8/h2-4,6H,5H2,1H3,(H,13,14). The molecule has 78 valence electrons. The molecule has 0 atom stereocenters. The van der Waals surface area contributed by atoms with Crippen molar-refractivity contribution in [2.24, 2.45) is 0 Å². The van der Waals surface area contributed by atoms with Crippen LogP contribution in [0.25, 0.3) is 0 Å². The van der Waals surface area contributed by atoms with Crippen LogP contribution in [0.2, 0.25) is 0 Å². The van der Waals surface area contributed by atoms with Gasteiger partial charge in [0.2, 0.25) is 0 Å². The van der Waals surface area contributed by atoms with E-state index in [4.69, 9.17) is 5.11 Å². The number of hydrogen-bond donors (Lipinski definition) is 1. The second kappa shape index (κ2) is 3.86. The summed E-state index contributed by atoms with van der Waals surface area (Å²) >= 11 is 1.56. The van der Waals surface area contributed by atoms with Crippen molar-refractivity contribution >= 4 is 17.3 Å². The lowest BCUT2D eigenvalue weighted by atomic mass is 10.2. The van der Waals surface area contributed by atoms with Crippen LogP contribution in [-0.4, -0.2) is 20.6 Å². The number of carbonyl (C=O) groups is 1. The van der Waals surface area contributed by atoms with Gasteiger partial charge in [-0.3, -0.25) is 4.98 Å². The maximum absolute atomic E-state index is 10.8. The smallest absolute Gasteiger partial charge is 0.337 e. The molecule has 2 heterocycles. The Balaban J connectivity index is 2.27. The SMILES string of the molecule is Cc1c(C(=O)O)ccn1Cc1cncs1. The lowest BCUT2D eigenvalue weighted by molar-refractivity contribution is 0.0696. The van der Waals surface area contributed by atoms with E-state index in [-0.39, 0.29) is 0 Å². The molecule has 4 nitrogen and oxygen atoms in total. The van der Waals surface area contributed by atoms with Crippen LogP contribution in [-0.2, 0) is 6.54 Å². The Morgan fingerprint density at radius 2 is 2.47 bits per heavy atom. The predicted octanol–water partition coefficient (Wildman–Crippen LogP) is 2.00. The summed E-state index contributed by atoms with van der Waals surface area (Å²) in [6.07, 6.45) is 3.59. The van der Waals surface area contributed by atoms with Crippen LogP contribution in [0.5, 0.6) is 0 Å². The molecule has 0 aliphatic rings. The number of carboxylic acids is 1. The number of carboxylic acid groups (broad SMARTS) is 1. The minimum absolute atomic E-state index is 0.361. The largest absolute Gasteiger partial charge is 0.478 e. The van der Waals surface area contributed by atoms with E-state index in [0.717, 1.165) is 10.6 Å². The predicted molar refractivity (Wildman–Crippen MR) is 57.3 cm³/mol. The molecule has 2 aromatic rings. The Labute approximate surface area is 90.8 Å². The van der Waals surface area contributed by atoms with Crippen molar-refractivity contribution in [3.63, 3.8) is 0 Å². The summed E-state index contributed by atoms with van der Waals surface area (Å²) in [5, 5.41) is 8.88. The summed E-state index contributed by atoms with van der Waals surface area (Å²) in [6, 6.07) is 1.62. The monoisotopic (exact) mass is 222 g/mol. The minimum atomic E-state index is -0.879. The first kappa shape index (κ1) is 9.92. The number of nitrogens with zero attached hydrogens (tertiary/aromatic N) is 2. The van der Waals surface area contributed by atoms with Crippen LogP contribution in [0.15, 0.2) is 24.0 Å². The third kappa shape index (κ3) is 1.92. The zero-order chi connectivity index (χ0) is 10.8. The molecule has 0 amide bonds. The summed E-state index contributed by atoms with van der Waals surface area (Å²) in [6.45, 7) is 2.49. The second-order valence-electron chi connectivity index (χ2n) is 3.22. The number of aromatic nitrogens is 2. The first-order valence-corrected chi connectivity index (χ1v) is 5.33. The molecule has 0 radical (unpaired) electrons. The number of thiazole rings is 1. The van der Waals surface area contributed by atoms with E-state index in [1.54, 1.807) is 35.3 Å². The fourth-order valence-electron chi connectivity index (χ4n) is 1.44. The Bertz CT molecular complexity index is 474. The molecule has 5 heteroatoms. The van der Waals surface area contributed by atoms with Gasteiger partial charge in [-0.25, -0.2) is 4.79 Å². The molecule has 0 aliphatic heterocycles. The Kier molecular flexibility index (Phi) is 2.55. The zero-order valence-corrected chi connectivity index (χ0v) is 8.99. The van der Waals surface area contributed by atoms with E-state index in [1.165, 1.54) is 0 Å². The number of aromatic carboxylic acids is 1. The highest BCUT2D eigenvalue weighted by Crippen LogP contribution is 2.14. The maximum atomic E-state index is 10.8. The van der Waals surface area contributed by atoms with Gasteiger partial charge in [-0.15, -0.1) is 11.3 Å². The average molecular weight is 222 g/mol. The molecule has 0 spiro atoms. The van der Waals surface area contributed by atoms with Gasteiger partial charge < -0.3 is 9.67 Å². The number of hydrogen-bond acceptors (Lipinski definition) is 3. The molecular formula is C10H10N2O2S. The van der Waals surface area contributed by atoms with Crippen molar-refractivity contribution in [2.75, 3.05) is 0 Å². The molecular weight excluding hydrogens is 212 g/mol. The van der Waals surface area contributed by atoms with E-state index in [0.29, 0.717) is 12.1 Å². The summed E-state index contributed by atoms with van der Waals surface area (Å²) < 4.78 is 1.91. The van der Waals surface area contributed by atoms with E-state index in [2.05, 4.69) is 4.98 Å². The molecule has 15 heavy (non-hydrogen) atoms. The van der Waals surface area contributed by atoms with Crippen molar-refractivity contribution in [1.82, 2.24) is 9.55 Å². The molecule has 0 saturated carbocycles. The molecule has 0 fully saturated rings. The van der Waals surface area contributed by atoms with Crippen molar-refractivity contribution < 1.29 is 9.90 Å². The fourth-order valence-corrected chi connectivity index (χ4v) is 2.03. The van der Waals surface area contributed by atoms with Crippen molar-refractivity contribution in [1.29, 1.82) is 0 Å². The van der Waals surface area contributed by atoms with E-state index in [9.17, 15) is 4.79 Å².